The molecule has 1 aromatic carbocycles. The van der Waals surface area contributed by atoms with E-state index in [1.54, 1.807) is 7.11 Å². The second-order valence-electron chi connectivity index (χ2n) is 5.67. The molecule has 0 saturated carbocycles. The van der Waals surface area contributed by atoms with Gasteiger partial charge in [0, 0.05) is 26.7 Å². The van der Waals surface area contributed by atoms with Crippen molar-refractivity contribution in [2.45, 2.75) is 32.6 Å². The number of benzene rings is 1. The molecule has 0 saturated heterocycles. The summed E-state index contributed by atoms with van der Waals surface area (Å²) in [4.78, 5) is 12.3. The van der Waals surface area contributed by atoms with Crippen LogP contribution in [0, 0.1) is 0 Å². The van der Waals surface area contributed by atoms with Gasteiger partial charge in [-0.05, 0) is 31.4 Å². The third-order valence-electron chi connectivity index (χ3n) is 3.72. The molecular weight excluding hydrogens is 264 g/mol. The molecule has 1 amide bonds. The smallest absolute Gasteiger partial charge is 0.230 e. The largest absolute Gasteiger partial charge is 0.383 e. The Morgan fingerprint density at radius 1 is 1.14 bits per heavy atom. The maximum Gasteiger partial charge on any atom is 0.230 e. The van der Waals surface area contributed by atoms with Gasteiger partial charge in [0.25, 0.3) is 0 Å². The number of amides is 1. The van der Waals surface area contributed by atoms with E-state index in [0.717, 1.165) is 25.1 Å². The van der Waals surface area contributed by atoms with Crippen molar-refractivity contribution in [3.8, 4) is 0 Å². The molecule has 1 rings (SSSR count). The van der Waals surface area contributed by atoms with Crippen LogP contribution in [-0.4, -0.2) is 39.3 Å². The molecule has 118 valence electrons. The molecule has 0 aliphatic rings. The van der Waals surface area contributed by atoms with E-state index < -0.39 is 5.41 Å². The van der Waals surface area contributed by atoms with Crippen LogP contribution in [0.4, 0.5) is 0 Å². The van der Waals surface area contributed by atoms with E-state index >= 15 is 0 Å². The monoisotopic (exact) mass is 292 g/mol. The van der Waals surface area contributed by atoms with Gasteiger partial charge in [0.1, 0.15) is 0 Å². The molecule has 0 aliphatic heterocycles. The Morgan fingerprint density at radius 3 is 2.38 bits per heavy atom. The topological polar surface area (TPSA) is 50.4 Å². The Morgan fingerprint density at radius 2 is 1.81 bits per heavy atom. The Kier molecular flexibility index (Phi) is 7.40. The van der Waals surface area contributed by atoms with Crippen molar-refractivity contribution in [3.05, 3.63) is 35.4 Å². The number of aryl methyl sites for hydroxylation is 1. The first-order valence-electron chi connectivity index (χ1n) is 7.59. The number of ether oxygens (including phenoxy) is 1. The van der Waals surface area contributed by atoms with Gasteiger partial charge in [0.2, 0.25) is 5.91 Å². The highest BCUT2D eigenvalue weighted by atomic mass is 16.5. The molecule has 4 nitrogen and oxygen atoms in total. The highest BCUT2D eigenvalue weighted by molar-refractivity contribution is 5.87. The van der Waals surface area contributed by atoms with Crippen molar-refractivity contribution >= 4 is 5.91 Å². The standard InChI is InChI=1S/C17H28N2O2/c1-5-14-6-8-15(9-7-14)17(2,3)16(20)19-11-10-18-12-13-21-4/h6-9,18H,5,10-13H2,1-4H3,(H,19,20). The van der Waals surface area contributed by atoms with Crippen LogP contribution in [0.15, 0.2) is 24.3 Å². The average Bonchev–Trinajstić information content (AvgIpc) is 2.50. The number of hydrogen-bond donors (Lipinski definition) is 2. The Balaban J connectivity index is 2.46. The van der Waals surface area contributed by atoms with Crippen LogP contribution in [0.25, 0.3) is 0 Å². The molecule has 1 aromatic rings. The second-order valence-corrected chi connectivity index (χ2v) is 5.67. The lowest BCUT2D eigenvalue weighted by Gasteiger charge is -2.24. The molecule has 0 bridgehead atoms. The summed E-state index contributed by atoms with van der Waals surface area (Å²) in [5.41, 5.74) is 1.82. The first kappa shape index (κ1) is 17.7. The molecule has 0 radical (unpaired) electrons. The van der Waals surface area contributed by atoms with Crippen LogP contribution < -0.4 is 10.6 Å². The van der Waals surface area contributed by atoms with E-state index in [0.29, 0.717) is 13.2 Å². The van der Waals surface area contributed by atoms with Crippen LogP contribution in [0.2, 0.25) is 0 Å². The van der Waals surface area contributed by atoms with Gasteiger partial charge in [0.05, 0.1) is 12.0 Å². The molecule has 4 heteroatoms. The third-order valence-corrected chi connectivity index (χ3v) is 3.72. The quantitative estimate of drug-likeness (QED) is 0.683. The summed E-state index contributed by atoms with van der Waals surface area (Å²) in [6.07, 6.45) is 1.01. The van der Waals surface area contributed by atoms with Gasteiger partial charge in [-0.25, -0.2) is 0 Å². The van der Waals surface area contributed by atoms with Gasteiger partial charge in [-0.3, -0.25) is 4.79 Å². The van der Waals surface area contributed by atoms with Gasteiger partial charge in [-0.1, -0.05) is 31.2 Å². The number of hydrogen-bond acceptors (Lipinski definition) is 3. The number of rotatable bonds is 9. The number of methoxy groups -OCH3 is 1. The predicted molar refractivity (Wildman–Crippen MR) is 86.6 cm³/mol. The fourth-order valence-electron chi connectivity index (χ4n) is 2.07. The van der Waals surface area contributed by atoms with E-state index in [1.165, 1.54) is 5.56 Å². The predicted octanol–water partition coefficient (Wildman–Crippen LogP) is 1.88. The fourth-order valence-corrected chi connectivity index (χ4v) is 2.07. The van der Waals surface area contributed by atoms with Gasteiger partial charge >= 0.3 is 0 Å². The molecule has 0 aromatic heterocycles. The third kappa shape index (κ3) is 5.48. The Hall–Kier alpha value is -1.39. The highest BCUT2D eigenvalue weighted by Gasteiger charge is 2.29. The lowest BCUT2D eigenvalue weighted by Crippen LogP contribution is -2.42. The van der Waals surface area contributed by atoms with Gasteiger partial charge in [0.15, 0.2) is 0 Å². The van der Waals surface area contributed by atoms with Gasteiger partial charge in [-0.15, -0.1) is 0 Å². The fraction of sp³-hybridized carbons (Fsp3) is 0.588. The van der Waals surface area contributed by atoms with Crippen molar-refractivity contribution in [1.82, 2.24) is 10.6 Å². The summed E-state index contributed by atoms with van der Waals surface area (Å²) in [7, 11) is 1.68. The van der Waals surface area contributed by atoms with Crippen molar-refractivity contribution < 1.29 is 9.53 Å². The molecule has 21 heavy (non-hydrogen) atoms. The zero-order valence-electron chi connectivity index (χ0n) is 13.7. The van der Waals surface area contributed by atoms with Crippen molar-refractivity contribution in [1.29, 1.82) is 0 Å². The molecule has 2 N–H and O–H groups in total. The van der Waals surface area contributed by atoms with E-state index in [-0.39, 0.29) is 5.91 Å². The zero-order chi connectivity index (χ0) is 15.7. The molecule has 0 spiro atoms. The first-order chi connectivity index (χ1) is 10.0. The molecule has 0 fully saturated rings. The number of nitrogens with one attached hydrogen (secondary N) is 2. The minimum atomic E-state index is -0.515. The van der Waals surface area contributed by atoms with Gasteiger partial charge in [-0.2, -0.15) is 0 Å². The van der Waals surface area contributed by atoms with Crippen LogP contribution in [0.1, 0.15) is 31.9 Å². The average molecular weight is 292 g/mol. The molecule has 0 aliphatic carbocycles. The molecule has 0 unspecified atom stereocenters. The van der Waals surface area contributed by atoms with E-state index in [4.69, 9.17) is 4.74 Å². The van der Waals surface area contributed by atoms with E-state index in [9.17, 15) is 4.79 Å². The van der Waals surface area contributed by atoms with Crippen molar-refractivity contribution in [2.75, 3.05) is 33.4 Å². The Bertz CT molecular complexity index is 427. The van der Waals surface area contributed by atoms with Gasteiger partial charge < -0.3 is 15.4 Å². The summed E-state index contributed by atoms with van der Waals surface area (Å²) >= 11 is 0. The summed E-state index contributed by atoms with van der Waals surface area (Å²) in [6, 6.07) is 8.29. The van der Waals surface area contributed by atoms with Crippen LogP contribution >= 0.6 is 0 Å². The SMILES string of the molecule is CCc1ccc(C(C)(C)C(=O)NCCNCCOC)cc1. The number of carbonyl (C=O) groups excluding carboxylic acids is 1. The zero-order valence-corrected chi connectivity index (χ0v) is 13.7. The van der Waals surface area contributed by atoms with Crippen molar-refractivity contribution in [3.63, 3.8) is 0 Å². The molecule has 0 heterocycles. The summed E-state index contributed by atoms with van der Waals surface area (Å²) < 4.78 is 4.95. The van der Waals surface area contributed by atoms with Crippen LogP contribution in [-0.2, 0) is 21.4 Å². The minimum absolute atomic E-state index is 0.0558. The molecular formula is C17H28N2O2. The Labute approximate surface area is 128 Å². The second kappa shape index (κ2) is 8.80. The lowest BCUT2D eigenvalue weighted by molar-refractivity contribution is -0.125. The minimum Gasteiger partial charge on any atom is -0.383 e. The highest BCUT2D eigenvalue weighted by Crippen LogP contribution is 2.23. The van der Waals surface area contributed by atoms with E-state index in [2.05, 4.69) is 41.8 Å². The molecule has 0 atom stereocenters. The van der Waals surface area contributed by atoms with Crippen LogP contribution in [0.5, 0.6) is 0 Å². The summed E-state index contributed by atoms with van der Waals surface area (Å²) in [5, 5.41) is 6.19. The van der Waals surface area contributed by atoms with E-state index in [1.807, 2.05) is 13.8 Å². The van der Waals surface area contributed by atoms with Crippen molar-refractivity contribution in [2.24, 2.45) is 0 Å². The summed E-state index contributed by atoms with van der Waals surface area (Å²) in [6.45, 7) is 8.91. The first-order valence-corrected chi connectivity index (χ1v) is 7.59. The number of carbonyl (C=O) groups is 1. The normalized spacial score (nSPS) is 11.4. The maximum atomic E-state index is 12.3. The summed E-state index contributed by atoms with van der Waals surface area (Å²) in [5.74, 6) is 0.0558. The van der Waals surface area contributed by atoms with Crippen LogP contribution in [0.3, 0.4) is 0 Å². The lowest BCUT2D eigenvalue weighted by atomic mass is 9.83. The maximum absolute atomic E-state index is 12.3.